The standard InChI is InChI=1S/C11H20N2S/c1-9-5-2-3-6-10(9)13-11-12-7-4-8-14-11/h9-10H,2-8H2,1H3,(H,12,13)/t9-,10-/m0/s1. The minimum absolute atomic E-state index is 0.688. The number of nitrogens with zero attached hydrogens (tertiary/aromatic N) is 1. The Morgan fingerprint density at radius 1 is 1.29 bits per heavy atom. The summed E-state index contributed by atoms with van der Waals surface area (Å²) in [6.45, 7) is 3.39. The fourth-order valence-corrected chi connectivity index (χ4v) is 3.12. The molecule has 1 aliphatic carbocycles. The van der Waals surface area contributed by atoms with E-state index in [0.29, 0.717) is 6.04 Å². The Kier molecular flexibility index (Phi) is 3.74. The van der Waals surface area contributed by atoms with Crippen molar-refractivity contribution in [2.24, 2.45) is 10.9 Å². The quantitative estimate of drug-likeness (QED) is 0.722. The molecular formula is C11H20N2S. The fourth-order valence-electron chi connectivity index (χ4n) is 2.24. The summed E-state index contributed by atoms with van der Waals surface area (Å²) in [5.41, 5.74) is 0. The van der Waals surface area contributed by atoms with Gasteiger partial charge in [-0.15, -0.1) is 0 Å². The molecule has 0 unspecified atom stereocenters. The van der Waals surface area contributed by atoms with Gasteiger partial charge in [-0.2, -0.15) is 0 Å². The van der Waals surface area contributed by atoms with Crippen LogP contribution >= 0.6 is 11.8 Å². The lowest BCUT2D eigenvalue weighted by Gasteiger charge is -2.31. The van der Waals surface area contributed by atoms with Gasteiger partial charge in [0.1, 0.15) is 0 Å². The van der Waals surface area contributed by atoms with Crippen molar-refractivity contribution in [1.82, 2.24) is 5.32 Å². The maximum atomic E-state index is 4.53. The zero-order valence-corrected chi connectivity index (χ0v) is 9.78. The second-order valence-electron chi connectivity index (χ2n) is 4.40. The Morgan fingerprint density at radius 2 is 2.14 bits per heavy atom. The van der Waals surface area contributed by atoms with E-state index in [-0.39, 0.29) is 0 Å². The monoisotopic (exact) mass is 212 g/mol. The summed E-state index contributed by atoms with van der Waals surface area (Å²) in [5.74, 6) is 2.07. The van der Waals surface area contributed by atoms with Crippen LogP contribution in [0.4, 0.5) is 0 Å². The van der Waals surface area contributed by atoms with Gasteiger partial charge in [-0.05, 0) is 25.2 Å². The van der Waals surface area contributed by atoms with E-state index in [0.717, 1.165) is 12.5 Å². The molecule has 2 nitrogen and oxygen atoms in total. The maximum Gasteiger partial charge on any atom is 0.156 e. The summed E-state index contributed by atoms with van der Waals surface area (Å²) in [6.07, 6.45) is 6.77. The minimum atomic E-state index is 0.688. The summed E-state index contributed by atoms with van der Waals surface area (Å²) >= 11 is 1.90. The lowest BCUT2D eigenvalue weighted by molar-refractivity contribution is 0.309. The first-order valence-corrected chi connectivity index (χ1v) is 6.78. The molecule has 0 spiro atoms. The zero-order chi connectivity index (χ0) is 9.80. The average molecular weight is 212 g/mol. The van der Waals surface area contributed by atoms with Crippen LogP contribution in [0.15, 0.2) is 4.99 Å². The van der Waals surface area contributed by atoms with Gasteiger partial charge in [-0.1, -0.05) is 31.5 Å². The van der Waals surface area contributed by atoms with E-state index in [1.165, 1.54) is 43.0 Å². The number of nitrogens with one attached hydrogen (secondary N) is 1. The van der Waals surface area contributed by atoms with Crippen molar-refractivity contribution in [1.29, 1.82) is 0 Å². The summed E-state index contributed by atoms with van der Waals surface area (Å²) in [7, 11) is 0. The molecular weight excluding hydrogens is 192 g/mol. The van der Waals surface area contributed by atoms with Crippen LogP contribution in [0.3, 0.4) is 0 Å². The molecule has 0 aromatic heterocycles. The van der Waals surface area contributed by atoms with Crippen LogP contribution in [0.5, 0.6) is 0 Å². The van der Waals surface area contributed by atoms with Crippen molar-refractivity contribution in [3.8, 4) is 0 Å². The largest absolute Gasteiger partial charge is 0.362 e. The van der Waals surface area contributed by atoms with Gasteiger partial charge in [-0.25, -0.2) is 0 Å². The molecule has 1 fully saturated rings. The molecule has 1 aliphatic heterocycles. The van der Waals surface area contributed by atoms with Gasteiger partial charge in [0.2, 0.25) is 0 Å². The molecule has 1 heterocycles. The van der Waals surface area contributed by atoms with Crippen molar-refractivity contribution in [2.45, 2.75) is 45.1 Å². The molecule has 3 heteroatoms. The van der Waals surface area contributed by atoms with Crippen LogP contribution in [0, 0.1) is 5.92 Å². The highest BCUT2D eigenvalue weighted by molar-refractivity contribution is 8.13. The first-order valence-electron chi connectivity index (χ1n) is 5.80. The number of amidine groups is 1. The van der Waals surface area contributed by atoms with E-state index in [2.05, 4.69) is 17.2 Å². The SMILES string of the molecule is C[C@H]1CCCC[C@@H]1NC1=NCCCS1. The normalized spacial score (nSPS) is 33.6. The molecule has 2 rings (SSSR count). The lowest BCUT2D eigenvalue weighted by atomic mass is 9.86. The van der Waals surface area contributed by atoms with Crippen LogP contribution in [0.25, 0.3) is 0 Å². The Morgan fingerprint density at radius 3 is 2.86 bits per heavy atom. The number of thioether (sulfide) groups is 1. The molecule has 2 atom stereocenters. The molecule has 1 saturated carbocycles. The smallest absolute Gasteiger partial charge is 0.156 e. The Bertz CT molecular complexity index is 215. The molecule has 1 N–H and O–H groups in total. The molecule has 0 amide bonds. The van der Waals surface area contributed by atoms with Gasteiger partial charge in [-0.3, -0.25) is 4.99 Å². The van der Waals surface area contributed by atoms with Gasteiger partial charge < -0.3 is 5.32 Å². The predicted molar refractivity (Wildman–Crippen MR) is 63.9 cm³/mol. The Labute approximate surface area is 90.9 Å². The number of hydrogen-bond donors (Lipinski definition) is 1. The van der Waals surface area contributed by atoms with E-state index in [4.69, 9.17) is 0 Å². The average Bonchev–Trinajstić information content (AvgIpc) is 2.23. The molecule has 0 radical (unpaired) electrons. The maximum absolute atomic E-state index is 4.53. The molecule has 0 saturated heterocycles. The molecule has 0 aromatic rings. The summed E-state index contributed by atoms with van der Waals surface area (Å²) in [6, 6.07) is 0.688. The highest BCUT2D eigenvalue weighted by Crippen LogP contribution is 2.24. The zero-order valence-electron chi connectivity index (χ0n) is 8.96. The Balaban J connectivity index is 1.85. The highest BCUT2D eigenvalue weighted by atomic mass is 32.2. The van der Waals surface area contributed by atoms with E-state index in [9.17, 15) is 0 Å². The van der Waals surface area contributed by atoms with Gasteiger partial charge in [0, 0.05) is 18.3 Å². The third kappa shape index (κ3) is 2.66. The molecule has 2 aliphatic rings. The van der Waals surface area contributed by atoms with Crippen LogP contribution in [0.2, 0.25) is 0 Å². The first kappa shape index (κ1) is 10.3. The summed E-state index contributed by atoms with van der Waals surface area (Å²) < 4.78 is 0. The van der Waals surface area contributed by atoms with Crippen molar-refractivity contribution in [2.75, 3.05) is 12.3 Å². The number of rotatable bonds is 1. The molecule has 14 heavy (non-hydrogen) atoms. The van der Waals surface area contributed by atoms with Crippen molar-refractivity contribution < 1.29 is 0 Å². The third-order valence-corrected chi connectivity index (χ3v) is 4.23. The van der Waals surface area contributed by atoms with E-state index in [1.54, 1.807) is 0 Å². The molecule has 80 valence electrons. The van der Waals surface area contributed by atoms with Crippen LogP contribution in [-0.2, 0) is 0 Å². The number of hydrogen-bond acceptors (Lipinski definition) is 3. The van der Waals surface area contributed by atoms with Crippen LogP contribution in [-0.4, -0.2) is 23.5 Å². The highest BCUT2D eigenvalue weighted by Gasteiger charge is 2.22. The van der Waals surface area contributed by atoms with Gasteiger partial charge in [0.15, 0.2) is 5.17 Å². The van der Waals surface area contributed by atoms with Crippen molar-refractivity contribution in [3.05, 3.63) is 0 Å². The van der Waals surface area contributed by atoms with Gasteiger partial charge in [0.25, 0.3) is 0 Å². The summed E-state index contributed by atoms with van der Waals surface area (Å²) in [5, 5.41) is 4.82. The summed E-state index contributed by atoms with van der Waals surface area (Å²) in [4.78, 5) is 4.53. The minimum Gasteiger partial charge on any atom is -0.362 e. The fraction of sp³-hybridized carbons (Fsp3) is 0.909. The lowest BCUT2D eigenvalue weighted by Crippen LogP contribution is -2.40. The predicted octanol–water partition coefficient (Wildman–Crippen LogP) is 2.65. The second-order valence-corrected chi connectivity index (χ2v) is 5.49. The Hall–Kier alpha value is -0.180. The van der Waals surface area contributed by atoms with Crippen LogP contribution < -0.4 is 5.32 Å². The third-order valence-electron chi connectivity index (χ3n) is 3.22. The van der Waals surface area contributed by atoms with E-state index < -0.39 is 0 Å². The second kappa shape index (κ2) is 5.06. The molecule has 0 bridgehead atoms. The van der Waals surface area contributed by atoms with Crippen molar-refractivity contribution >= 4 is 16.9 Å². The molecule has 0 aromatic carbocycles. The van der Waals surface area contributed by atoms with E-state index >= 15 is 0 Å². The van der Waals surface area contributed by atoms with Crippen molar-refractivity contribution in [3.63, 3.8) is 0 Å². The van der Waals surface area contributed by atoms with E-state index in [1.807, 2.05) is 11.8 Å². The van der Waals surface area contributed by atoms with Crippen LogP contribution in [0.1, 0.15) is 39.0 Å². The first-order chi connectivity index (χ1) is 6.86. The number of aliphatic imine (C=N–C) groups is 1. The van der Waals surface area contributed by atoms with Gasteiger partial charge >= 0.3 is 0 Å². The topological polar surface area (TPSA) is 24.4 Å². The van der Waals surface area contributed by atoms with Gasteiger partial charge in [0.05, 0.1) is 0 Å².